The molecular weight excluding hydrogens is 402 g/mol. The summed E-state index contributed by atoms with van der Waals surface area (Å²) in [6.45, 7) is 5.24. The third kappa shape index (κ3) is 4.34. The minimum Gasteiger partial charge on any atom is -0.492 e. The molecule has 4 rings (SSSR count). The number of nitrogens with one attached hydrogen (secondary N) is 1. The number of amides is 2. The van der Waals surface area contributed by atoms with Gasteiger partial charge in [0, 0.05) is 30.8 Å². The molecule has 1 saturated carbocycles. The summed E-state index contributed by atoms with van der Waals surface area (Å²) >= 11 is 0. The highest BCUT2D eigenvalue weighted by Gasteiger charge is 2.29. The molecule has 2 amide bonds. The monoisotopic (exact) mass is 429 g/mol. The van der Waals surface area contributed by atoms with Crippen LogP contribution in [-0.2, 0) is 16.2 Å². The standard InChI is InChI=1S/C21H27N5O5/c1-13(2)12-24-19-14(5-8-16(27)25-9-3-4-10-31-25)11-22-26(19)21(30)17(20(24)29)18(28)23-15-6-7-15/h5,8,11,13,15,30H,3-4,6-7,9-10,12H2,1-2H3,(H,23,28). The van der Waals surface area contributed by atoms with Gasteiger partial charge in [0.05, 0.1) is 12.8 Å². The Kier molecular flexibility index (Phi) is 5.81. The molecule has 0 bridgehead atoms. The highest BCUT2D eigenvalue weighted by Crippen LogP contribution is 2.23. The predicted octanol–water partition coefficient (Wildman–Crippen LogP) is 1.32. The van der Waals surface area contributed by atoms with E-state index in [2.05, 4.69) is 10.4 Å². The van der Waals surface area contributed by atoms with Crippen LogP contribution in [0.15, 0.2) is 17.1 Å². The number of carbonyl (C=O) groups excluding carboxylic acids is 2. The van der Waals surface area contributed by atoms with Crippen LogP contribution in [0.2, 0.25) is 0 Å². The van der Waals surface area contributed by atoms with Crippen LogP contribution in [0.1, 0.15) is 55.5 Å². The molecule has 10 nitrogen and oxygen atoms in total. The van der Waals surface area contributed by atoms with Gasteiger partial charge in [-0.05, 0) is 37.7 Å². The van der Waals surface area contributed by atoms with E-state index < -0.39 is 17.3 Å². The van der Waals surface area contributed by atoms with Crippen molar-refractivity contribution in [2.45, 2.75) is 52.1 Å². The quantitative estimate of drug-likeness (QED) is 0.669. The first-order valence-electron chi connectivity index (χ1n) is 10.6. The first-order chi connectivity index (χ1) is 14.9. The Morgan fingerprint density at radius 1 is 1.35 bits per heavy atom. The molecule has 1 aliphatic heterocycles. The van der Waals surface area contributed by atoms with E-state index >= 15 is 0 Å². The van der Waals surface area contributed by atoms with Crippen molar-refractivity contribution in [1.82, 2.24) is 24.6 Å². The van der Waals surface area contributed by atoms with Crippen molar-refractivity contribution >= 4 is 23.5 Å². The summed E-state index contributed by atoms with van der Waals surface area (Å²) < 4.78 is 2.61. The summed E-state index contributed by atoms with van der Waals surface area (Å²) in [5, 5.41) is 18.9. The first kappa shape index (κ1) is 21.1. The molecule has 2 aromatic rings. The van der Waals surface area contributed by atoms with Gasteiger partial charge in [-0.2, -0.15) is 9.61 Å². The molecule has 166 valence electrons. The lowest BCUT2D eigenvalue weighted by Crippen LogP contribution is -2.36. The van der Waals surface area contributed by atoms with E-state index in [1.165, 1.54) is 26.4 Å². The number of carbonyl (C=O) groups is 2. The van der Waals surface area contributed by atoms with Crippen molar-refractivity contribution in [2.75, 3.05) is 13.2 Å². The Morgan fingerprint density at radius 2 is 2.13 bits per heavy atom. The van der Waals surface area contributed by atoms with Gasteiger partial charge in [-0.3, -0.25) is 23.8 Å². The average Bonchev–Trinajstić information content (AvgIpc) is 3.45. The molecule has 3 heterocycles. The molecule has 0 unspecified atom stereocenters. The lowest BCUT2D eigenvalue weighted by molar-refractivity contribution is -0.191. The summed E-state index contributed by atoms with van der Waals surface area (Å²) in [5.74, 6) is -1.32. The maximum absolute atomic E-state index is 13.2. The molecule has 31 heavy (non-hydrogen) atoms. The Bertz CT molecular complexity index is 1090. The maximum Gasteiger partial charge on any atom is 0.270 e. The fourth-order valence-corrected chi connectivity index (χ4v) is 3.56. The number of hydrogen-bond acceptors (Lipinski definition) is 6. The first-order valence-corrected chi connectivity index (χ1v) is 10.6. The van der Waals surface area contributed by atoms with Crippen molar-refractivity contribution in [3.05, 3.63) is 33.8 Å². The van der Waals surface area contributed by atoms with E-state index in [-0.39, 0.29) is 23.4 Å². The molecule has 0 spiro atoms. The molecular formula is C21H27N5O5. The van der Waals surface area contributed by atoms with Gasteiger partial charge in [0.25, 0.3) is 17.4 Å². The Morgan fingerprint density at radius 3 is 2.77 bits per heavy atom. The number of rotatable bonds is 6. The lowest BCUT2D eigenvalue weighted by Gasteiger charge is -2.24. The van der Waals surface area contributed by atoms with E-state index in [1.807, 2.05) is 13.8 Å². The van der Waals surface area contributed by atoms with Gasteiger partial charge < -0.3 is 10.4 Å². The summed E-state index contributed by atoms with van der Waals surface area (Å²) in [6, 6.07) is 0.0414. The molecule has 0 atom stereocenters. The maximum atomic E-state index is 13.2. The zero-order valence-corrected chi connectivity index (χ0v) is 17.7. The number of aromatic hydroxyl groups is 1. The molecule has 1 saturated heterocycles. The fourth-order valence-electron chi connectivity index (χ4n) is 3.56. The van der Waals surface area contributed by atoms with Crippen LogP contribution in [0.25, 0.3) is 11.7 Å². The SMILES string of the molecule is CC(C)Cn1c(=O)c(C(=O)NC2CC2)c(O)n2ncc(C=CC(=O)N3CCCCO3)c12. The second-order valence-electron chi connectivity index (χ2n) is 8.41. The van der Waals surface area contributed by atoms with Crippen LogP contribution in [0.4, 0.5) is 0 Å². The number of nitrogens with zero attached hydrogens (tertiary/aromatic N) is 4. The van der Waals surface area contributed by atoms with E-state index in [0.717, 1.165) is 25.7 Å². The topological polar surface area (TPSA) is 118 Å². The molecule has 0 aromatic carbocycles. The minimum atomic E-state index is -0.602. The summed E-state index contributed by atoms with van der Waals surface area (Å²) in [7, 11) is 0. The van der Waals surface area contributed by atoms with E-state index in [0.29, 0.717) is 30.9 Å². The lowest BCUT2D eigenvalue weighted by atomic mass is 10.2. The average molecular weight is 429 g/mol. The number of hydroxylamine groups is 2. The zero-order chi connectivity index (χ0) is 22.1. The van der Waals surface area contributed by atoms with Crippen LogP contribution in [0.3, 0.4) is 0 Å². The van der Waals surface area contributed by atoms with Crippen molar-refractivity contribution in [3.8, 4) is 5.88 Å². The second kappa shape index (κ2) is 8.54. The fraction of sp³-hybridized carbons (Fsp3) is 0.524. The van der Waals surface area contributed by atoms with E-state index in [4.69, 9.17) is 4.84 Å². The highest BCUT2D eigenvalue weighted by atomic mass is 16.7. The third-order valence-corrected chi connectivity index (χ3v) is 5.25. The van der Waals surface area contributed by atoms with Crippen molar-refractivity contribution in [3.63, 3.8) is 0 Å². The molecule has 2 fully saturated rings. The largest absolute Gasteiger partial charge is 0.492 e. The van der Waals surface area contributed by atoms with Gasteiger partial charge >= 0.3 is 0 Å². The third-order valence-electron chi connectivity index (χ3n) is 5.25. The van der Waals surface area contributed by atoms with E-state index in [9.17, 15) is 19.5 Å². The smallest absolute Gasteiger partial charge is 0.270 e. The van der Waals surface area contributed by atoms with Crippen LogP contribution < -0.4 is 10.9 Å². The predicted molar refractivity (Wildman–Crippen MR) is 112 cm³/mol. The Labute approximate surface area is 179 Å². The van der Waals surface area contributed by atoms with Gasteiger partial charge in [-0.1, -0.05) is 13.8 Å². The van der Waals surface area contributed by atoms with Crippen molar-refractivity contribution in [1.29, 1.82) is 0 Å². The molecule has 0 radical (unpaired) electrons. The number of aromatic nitrogens is 3. The zero-order valence-electron chi connectivity index (χ0n) is 17.7. The van der Waals surface area contributed by atoms with Gasteiger partial charge in [-0.25, -0.2) is 5.06 Å². The molecule has 10 heteroatoms. The second-order valence-corrected chi connectivity index (χ2v) is 8.41. The molecule has 2 N–H and O–H groups in total. The molecule has 1 aliphatic carbocycles. The Hall–Kier alpha value is -3.14. The van der Waals surface area contributed by atoms with Crippen molar-refractivity contribution in [2.24, 2.45) is 5.92 Å². The summed E-state index contributed by atoms with van der Waals surface area (Å²) in [4.78, 5) is 43.6. The Balaban J connectivity index is 1.75. The number of fused-ring (bicyclic) bond motifs is 1. The minimum absolute atomic E-state index is 0.0414. The number of hydrogen-bond donors (Lipinski definition) is 2. The van der Waals surface area contributed by atoms with Crippen LogP contribution in [0, 0.1) is 5.92 Å². The van der Waals surface area contributed by atoms with Crippen LogP contribution in [0.5, 0.6) is 5.88 Å². The van der Waals surface area contributed by atoms with Crippen LogP contribution in [-0.4, -0.2) is 55.4 Å². The van der Waals surface area contributed by atoms with Crippen LogP contribution >= 0.6 is 0 Å². The van der Waals surface area contributed by atoms with Gasteiger partial charge in [0.1, 0.15) is 5.65 Å². The normalized spacial score (nSPS) is 17.1. The summed E-state index contributed by atoms with van der Waals surface area (Å²) in [6.07, 6.45) is 7.87. The van der Waals surface area contributed by atoms with Gasteiger partial charge in [-0.15, -0.1) is 0 Å². The van der Waals surface area contributed by atoms with Gasteiger partial charge in [0.2, 0.25) is 5.88 Å². The van der Waals surface area contributed by atoms with Crippen molar-refractivity contribution < 1.29 is 19.5 Å². The van der Waals surface area contributed by atoms with Gasteiger partial charge in [0.15, 0.2) is 5.56 Å². The molecule has 2 aromatic heterocycles. The summed E-state index contributed by atoms with van der Waals surface area (Å²) in [5.41, 5.74) is -0.107. The molecule has 2 aliphatic rings. The highest BCUT2D eigenvalue weighted by molar-refractivity contribution is 5.97. The van der Waals surface area contributed by atoms with E-state index in [1.54, 1.807) is 6.08 Å².